The van der Waals surface area contributed by atoms with Crippen LogP contribution in [0.15, 0.2) is 47.4 Å². The van der Waals surface area contributed by atoms with Gasteiger partial charge in [0.2, 0.25) is 0 Å². The molecule has 7 nitrogen and oxygen atoms in total. The number of benzene rings is 2. The fourth-order valence-electron chi connectivity index (χ4n) is 4.44. The summed E-state index contributed by atoms with van der Waals surface area (Å²) in [5.41, 5.74) is 2.55. The second-order valence-corrected chi connectivity index (χ2v) is 11.9. The molecule has 0 saturated heterocycles. The molecule has 3 rings (SSSR count). The Balaban J connectivity index is 1.62. The van der Waals surface area contributed by atoms with Gasteiger partial charge < -0.3 is 16.0 Å². The molecule has 0 spiro atoms. The number of hydrogen-bond donors (Lipinski definition) is 3. The number of rotatable bonds is 5. The molecule has 8 heteroatoms. The van der Waals surface area contributed by atoms with Crippen molar-refractivity contribution in [2.75, 3.05) is 16.9 Å². The Bertz CT molecular complexity index is 1160. The van der Waals surface area contributed by atoms with Crippen LogP contribution in [0.1, 0.15) is 56.0 Å². The van der Waals surface area contributed by atoms with Crippen LogP contribution in [-0.2, 0) is 9.84 Å². The van der Waals surface area contributed by atoms with E-state index in [9.17, 15) is 18.0 Å². The molecule has 2 aromatic carbocycles. The van der Waals surface area contributed by atoms with Gasteiger partial charge in [-0.1, -0.05) is 26.8 Å². The van der Waals surface area contributed by atoms with Crippen LogP contribution in [-0.4, -0.2) is 32.7 Å². The molecule has 0 bridgehead atoms. The van der Waals surface area contributed by atoms with E-state index in [2.05, 4.69) is 36.7 Å². The summed E-state index contributed by atoms with van der Waals surface area (Å²) in [7, 11) is -3.40. The Morgan fingerprint density at radius 1 is 1.06 bits per heavy atom. The first-order valence-electron chi connectivity index (χ1n) is 11.1. The maximum absolute atomic E-state index is 12.6. The lowest BCUT2D eigenvalue weighted by Gasteiger charge is -2.39. The van der Waals surface area contributed by atoms with E-state index < -0.39 is 15.7 Å². The summed E-state index contributed by atoms with van der Waals surface area (Å²) in [5.74, 6) is 0.0104. The number of anilines is 2. The summed E-state index contributed by atoms with van der Waals surface area (Å²) in [6, 6.07) is 11.1. The van der Waals surface area contributed by atoms with Crippen LogP contribution in [0.3, 0.4) is 0 Å². The van der Waals surface area contributed by atoms with Crippen molar-refractivity contribution in [2.24, 2.45) is 11.3 Å². The molecular weight excluding hydrogens is 438 g/mol. The first-order valence-corrected chi connectivity index (χ1v) is 13.0. The second kappa shape index (κ2) is 9.55. The smallest absolute Gasteiger partial charge is 0.319 e. The van der Waals surface area contributed by atoms with Crippen LogP contribution in [0.4, 0.5) is 16.2 Å². The molecule has 1 saturated carbocycles. The minimum atomic E-state index is -3.40. The van der Waals surface area contributed by atoms with Crippen molar-refractivity contribution >= 4 is 33.2 Å². The Labute approximate surface area is 196 Å². The highest BCUT2D eigenvalue weighted by atomic mass is 32.2. The summed E-state index contributed by atoms with van der Waals surface area (Å²) >= 11 is 0. The molecule has 0 radical (unpaired) electrons. The molecule has 2 aromatic rings. The van der Waals surface area contributed by atoms with Crippen molar-refractivity contribution in [3.63, 3.8) is 0 Å². The van der Waals surface area contributed by atoms with Gasteiger partial charge in [0, 0.05) is 29.2 Å². The van der Waals surface area contributed by atoms with E-state index in [1.807, 2.05) is 6.92 Å². The summed E-state index contributed by atoms with van der Waals surface area (Å²) < 4.78 is 23.5. The average Bonchev–Trinajstić information content (AvgIpc) is 2.71. The first-order chi connectivity index (χ1) is 15.3. The van der Waals surface area contributed by atoms with Gasteiger partial charge in [0.1, 0.15) is 0 Å². The lowest BCUT2D eigenvalue weighted by Crippen LogP contribution is -2.46. The molecule has 3 N–H and O–H groups in total. The SMILES string of the molecule is Cc1cc(NC(=O)NC2CCC(C)(C)CC2C)ccc1NC(=O)c1cccc(S(C)(=O)=O)c1. The summed E-state index contributed by atoms with van der Waals surface area (Å²) in [5, 5.41) is 8.77. The largest absolute Gasteiger partial charge is 0.335 e. The number of amides is 3. The van der Waals surface area contributed by atoms with Gasteiger partial charge in [0.15, 0.2) is 9.84 Å². The first kappa shape index (κ1) is 24.8. The Morgan fingerprint density at radius 3 is 2.42 bits per heavy atom. The zero-order valence-corrected chi connectivity index (χ0v) is 20.7. The third-order valence-electron chi connectivity index (χ3n) is 6.27. The number of urea groups is 1. The van der Waals surface area contributed by atoms with Gasteiger partial charge in [-0.15, -0.1) is 0 Å². The van der Waals surface area contributed by atoms with Gasteiger partial charge in [-0.2, -0.15) is 0 Å². The maximum Gasteiger partial charge on any atom is 0.319 e. The Morgan fingerprint density at radius 2 is 1.79 bits per heavy atom. The zero-order chi connectivity index (χ0) is 24.4. The predicted molar refractivity (Wildman–Crippen MR) is 131 cm³/mol. The van der Waals surface area contributed by atoms with Crippen LogP contribution in [0, 0.1) is 18.3 Å². The van der Waals surface area contributed by atoms with E-state index in [0.29, 0.717) is 22.7 Å². The average molecular weight is 472 g/mol. The molecule has 178 valence electrons. The molecular formula is C25H33N3O4S. The van der Waals surface area contributed by atoms with E-state index >= 15 is 0 Å². The van der Waals surface area contributed by atoms with Crippen molar-refractivity contribution in [1.82, 2.24) is 5.32 Å². The van der Waals surface area contributed by atoms with Crippen molar-refractivity contribution in [3.05, 3.63) is 53.6 Å². The topological polar surface area (TPSA) is 104 Å². The molecule has 1 aliphatic rings. The predicted octanol–water partition coefficient (Wildman–Crippen LogP) is 4.99. The Hall–Kier alpha value is -2.87. The monoisotopic (exact) mass is 471 g/mol. The summed E-state index contributed by atoms with van der Waals surface area (Å²) in [6.07, 6.45) is 4.24. The summed E-state index contributed by atoms with van der Waals surface area (Å²) in [6.45, 7) is 8.55. The number of hydrogen-bond acceptors (Lipinski definition) is 4. The van der Waals surface area contributed by atoms with E-state index in [0.717, 1.165) is 31.1 Å². The zero-order valence-electron chi connectivity index (χ0n) is 19.9. The number of sulfone groups is 1. The highest BCUT2D eigenvalue weighted by Crippen LogP contribution is 2.38. The molecule has 1 fully saturated rings. The van der Waals surface area contributed by atoms with Gasteiger partial charge in [-0.3, -0.25) is 4.79 Å². The van der Waals surface area contributed by atoms with Gasteiger partial charge in [0.05, 0.1) is 4.90 Å². The van der Waals surface area contributed by atoms with Crippen LogP contribution in [0.25, 0.3) is 0 Å². The van der Waals surface area contributed by atoms with E-state index in [-0.39, 0.29) is 22.5 Å². The standard InChI is InChI=1S/C25H33N3O4S/c1-16-13-19(26-24(30)28-22-11-12-25(3,4)15-17(22)2)9-10-21(16)27-23(29)18-7-6-8-20(14-18)33(5,31)32/h6-10,13-14,17,22H,11-12,15H2,1-5H3,(H,27,29)(H2,26,28,30). The van der Waals surface area contributed by atoms with Crippen molar-refractivity contribution in [2.45, 2.75) is 57.9 Å². The van der Waals surface area contributed by atoms with Crippen molar-refractivity contribution in [3.8, 4) is 0 Å². The van der Waals surface area contributed by atoms with Crippen LogP contribution >= 0.6 is 0 Å². The second-order valence-electron chi connectivity index (χ2n) is 9.87. The molecule has 2 atom stereocenters. The highest BCUT2D eigenvalue weighted by molar-refractivity contribution is 7.90. The number of carbonyl (C=O) groups excluding carboxylic acids is 2. The third-order valence-corrected chi connectivity index (χ3v) is 7.38. The Kier molecular flexibility index (Phi) is 7.17. The van der Waals surface area contributed by atoms with E-state index in [1.54, 1.807) is 24.3 Å². The quantitative estimate of drug-likeness (QED) is 0.571. The fourth-order valence-corrected chi connectivity index (χ4v) is 5.11. The third kappa shape index (κ3) is 6.57. The highest BCUT2D eigenvalue weighted by Gasteiger charge is 2.33. The van der Waals surface area contributed by atoms with Gasteiger partial charge in [-0.05, 0) is 79.5 Å². The molecule has 2 unspecified atom stereocenters. The van der Waals surface area contributed by atoms with E-state index in [1.165, 1.54) is 18.2 Å². The number of aryl methyl sites for hydroxylation is 1. The lowest BCUT2D eigenvalue weighted by molar-refractivity contribution is 0.102. The molecule has 33 heavy (non-hydrogen) atoms. The molecule has 3 amide bonds. The normalized spacial score (nSPS) is 20.0. The van der Waals surface area contributed by atoms with Crippen LogP contribution in [0.5, 0.6) is 0 Å². The van der Waals surface area contributed by atoms with Crippen LogP contribution in [0.2, 0.25) is 0 Å². The van der Waals surface area contributed by atoms with Crippen LogP contribution < -0.4 is 16.0 Å². The fraction of sp³-hybridized carbons (Fsp3) is 0.440. The molecule has 0 heterocycles. The molecule has 0 aromatic heterocycles. The van der Waals surface area contributed by atoms with Crippen molar-refractivity contribution in [1.29, 1.82) is 0 Å². The lowest BCUT2D eigenvalue weighted by atomic mass is 9.70. The number of carbonyl (C=O) groups is 2. The van der Waals surface area contributed by atoms with Gasteiger partial charge in [-0.25, -0.2) is 13.2 Å². The van der Waals surface area contributed by atoms with Crippen molar-refractivity contribution < 1.29 is 18.0 Å². The number of nitrogens with one attached hydrogen (secondary N) is 3. The van der Waals surface area contributed by atoms with E-state index in [4.69, 9.17) is 0 Å². The summed E-state index contributed by atoms with van der Waals surface area (Å²) in [4.78, 5) is 25.2. The maximum atomic E-state index is 12.6. The van der Waals surface area contributed by atoms with Gasteiger partial charge >= 0.3 is 6.03 Å². The molecule has 1 aliphatic carbocycles. The molecule has 0 aliphatic heterocycles. The van der Waals surface area contributed by atoms with Gasteiger partial charge in [0.25, 0.3) is 5.91 Å². The minimum Gasteiger partial charge on any atom is -0.335 e. The minimum absolute atomic E-state index is 0.0910.